The molecule has 0 spiro atoms. The molecule has 5 rings (SSSR count). The van der Waals surface area contributed by atoms with Gasteiger partial charge in [-0.3, -0.25) is 14.2 Å². The largest absolute Gasteiger partial charge is 0.416 e. The second kappa shape index (κ2) is 6.34. The van der Waals surface area contributed by atoms with Gasteiger partial charge in [0.2, 0.25) is 5.43 Å². The van der Waals surface area contributed by atoms with Gasteiger partial charge in [-0.2, -0.15) is 13.2 Å². The fraction of sp³-hybridized carbons (Fsp3) is 0.0909. The summed E-state index contributed by atoms with van der Waals surface area (Å²) in [7, 11) is 0. The van der Waals surface area contributed by atoms with Crippen molar-refractivity contribution in [2.45, 2.75) is 12.7 Å². The van der Waals surface area contributed by atoms with Crippen LogP contribution in [-0.4, -0.2) is 15.0 Å². The van der Waals surface area contributed by atoms with Crippen molar-refractivity contribution < 1.29 is 18.0 Å². The molecule has 8 heteroatoms. The summed E-state index contributed by atoms with van der Waals surface area (Å²) < 4.78 is 43.1. The highest BCUT2D eigenvalue weighted by molar-refractivity contribution is 6.31. The van der Waals surface area contributed by atoms with Crippen LogP contribution in [0.2, 0.25) is 5.02 Å². The maximum Gasteiger partial charge on any atom is 0.416 e. The molecule has 1 aliphatic heterocycles. The molecule has 0 unspecified atom stereocenters. The lowest BCUT2D eigenvalue weighted by Crippen LogP contribution is -2.21. The maximum atomic E-state index is 13.4. The molecule has 0 saturated heterocycles. The lowest BCUT2D eigenvalue weighted by Gasteiger charge is -2.18. The predicted octanol–water partition coefficient (Wildman–Crippen LogP) is 5.19. The SMILES string of the molecule is O=C1c2c(n(Cc3ccccc3Cl)c3cc(C(F)(F)F)ccc3c2=O)-c2cccn21. The number of rotatable bonds is 2. The molecule has 0 aliphatic carbocycles. The van der Waals surface area contributed by atoms with Crippen molar-refractivity contribution in [1.82, 2.24) is 9.13 Å². The van der Waals surface area contributed by atoms with Gasteiger partial charge in [0.25, 0.3) is 5.91 Å². The second-order valence-electron chi connectivity index (χ2n) is 7.03. The molecule has 4 aromatic rings. The first-order valence-electron chi connectivity index (χ1n) is 9.01. The highest BCUT2D eigenvalue weighted by atomic mass is 35.5. The number of hydrogen-bond acceptors (Lipinski definition) is 2. The predicted molar refractivity (Wildman–Crippen MR) is 107 cm³/mol. The summed E-state index contributed by atoms with van der Waals surface area (Å²) in [5.41, 5.74) is -0.0120. The Balaban J connectivity index is 1.91. The van der Waals surface area contributed by atoms with Crippen LogP contribution < -0.4 is 5.43 Å². The van der Waals surface area contributed by atoms with Crippen molar-refractivity contribution in [2.75, 3.05) is 0 Å². The van der Waals surface area contributed by atoms with E-state index >= 15 is 0 Å². The Morgan fingerprint density at radius 3 is 2.47 bits per heavy atom. The molecular formula is C22H12ClF3N2O2. The van der Waals surface area contributed by atoms with Crippen molar-refractivity contribution in [3.63, 3.8) is 0 Å². The number of nitrogens with zero attached hydrogens (tertiary/aromatic N) is 2. The third kappa shape index (κ3) is 2.62. The van der Waals surface area contributed by atoms with Crippen LogP contribution in [0.25, 0.3) is 22.3 Å². The minimum atomic E-state index is -4.57. The van der Waals surface area contributed by atoms with Gasteiger partial charge in [-0.15, -0.1) is 0 Å². The van der Waals surface area contributed by atoms with Crippen molar-refractivity contribution in [2.24, 2.45) is 0 Å². The third-order valence-electron chi connectivity index (χ3n) is 5.30. The van der Waals surface area contributed by atoms with E-state index in [2.05, 4.69) is 0 Å². The number of carbonyl (C=O) groups excluding carboxylic acids is 1. The number of fused-ring (bicyclic) bond motifs is 4. The smallest absolute Gasteiger partial charge is 0.334 e. The Morgan fingerprint density at radius 2 is 1.73 bits per heavy atom. The van der Waals surface area contributed by atoms with Crippen molar-refractivity contribution in [1.29, 1.82) is 0 Å². The molecule has 3 heterocycles. The standard InChI is InChI=1S/C22H12ClF3N2O2/c23-15-5-2-1-4-12(15)11-28-17-10-13(22(24,25)26)7-8-14(17)20(29)18-19(28)16-6-3-9-27(16)21(18)30/h1-10H,11H2. The van der Waals surface area contributed by atoms with E-state index in [1.165, 1.54) is 10.8 Å². The van der Waals surface area contributed by atoms with Gasteiger partial charge in [0, 0.05) is 23.2 Å². The number of pyridine rings is 1. The average Bonchev–Trinajstić information content (AvgIpc) is 3.28. The molecule has 150 valence electrons. The number of hydrogen-bond donors (Lipinski definition) is 0. The van der Waals surface area contributed by atoms with Gasteiger partial charge in [0.05, 0.1) is 22.5 Å². The summed E-state index contributed by atoms with van der Waals surface area (Å²) >= 11 is 6.29. The molecule has 0 fully saturated rings. The van der Waals surface area contributed by atoms with E-state index in [0.717, 1.165) is 18.2 Å². The highest BCUT2D eigenvalue weighted by Crippen LogP contribution is 2.36. The lowest BCUT2D eigenvalue weighted by atomic mass is 10.0. The van der Waals surface area contributed by atoms with E-state index in [1.54, 1.807) is 41.0 Å². The molecule has 0 saturated carbocycles. The van der Waals surface area contributed by atoms with Crippen LogP contribution in [-0.2, 0) is 12.7 Å². The van der Waals surface area contributed by atoms with Gasteiger partial charge in [-0.1, -0.05) is 29.8 Å². The Bertz CT molecular complexity index is 1420. The topological polar surface area (TPSA) is 44.0 Å². The van der Waals surface area contributed by atoms with Gasteiger partial charge in [0.1, 0.15) is 5.56 Å². The molecule has 0 atom stereocenters. The maximum absolute atomic E-state index is 13.4. The quantitative estimate of drug-likeness (QED) is 0.388. The fourth-order valence-electron chi connectivity index (χ4n) is 3.92. The van der Waals surface area contributed by atoms with E-state index in [0.29, 0.717) is 22.0 Å². The first kappa shape index (κ1) is 18.7. The summed E-state index contributed by atoms with van der Waals surface area (Å²) in [4.78, 5) is 25.9. The zero-order valence-corrected chi connectivity index (χ0v) is 16.0. The third-order valence-corrected chi connectivity index (χ3v) is 5.67. The Hall–Kier alpha value is -3.32. The summed E-state index contributed by atoms with van der Waals surface area (Å²) in [5, 5.41) is 0.484. The summed E-state index contributed by atoms with van der Waals surface area (Å²) in [6.45, 7) is 0.0958. The summed E-state index contributed by atoms with van der Waals surface area (Å²) in [6, 6.07) is 13.2. The van der Waals surface area contributed by atoms with Crippen LogP contribution in [0.4, 0.5) is 13.2 Å². The van der Waals surface area contributed by atoms with Crippen molar-refractivity contribution >= 4 is 28.4 Å². The molecule has 30 heavy (non-hydrogen) atoms. The van der Waals surface area contributed by atoms with Gasteiger partial charge in [-0.05, 0) is 42.0 Å². The molecular weight excluding hydrogens is 417 g/mol. The van der Waals surface area contributed by atoms with Crippen LogP contribution in [0.5, 0.6) is 0 Å². The van der Waals surface area contributed by atoms with Crippen LogP contribution in [0.3, 0.4) is 0 Å². The minimum absolute atomic E-state index is 0.0490. The Labute approximate surface area is 172 Å². The molecule has 1 aliphatic rings. The number of benzene rings is 2. The van der Waals surface area contributed by atoms with Crippen molar-refractivity contribution in [3.05, 3.63) is 92.7 Å². The highest BCUT2D eigenvalue weighted by Gasteiger charge is 2.35. The van der Waals surface area contributed by atoms with Crippen LogP contribution in [0.1, 0.15) is 21.5 Å². The molecule has 4 nitrogen and oxygen atoms in total. The molecule has 0 bridgehead atoms. The molecule has 0 radical (unpaired) electrons. The molecule has 0 N–H and O–H groups in total. The Morgan fingerprint density at radius 1 is 0.967 bits per heavy atom. The summed E-state index contributed by atoms with van der Waals surface area (Å²) in [5.74, 6) is -0.496. The van der Waals surface area contributed by atoms with Gasteiger partial charge in [-0.25, -0.2) is 0 Å². The first-order valence-corrected chi connectivity index (χ1v) is 9.39. The van der Waals surface area contributed by atoms with Crippen LogP contribution >= 0.6 is 11.6 Å². The summed E-state index contributed by atoms with van der Waals surface area (Å²) in [6.07, 6.45) is -3.04. The van der Waals surface area contributed by atoms with Crippen LogP contribution in [0.15, 0.2) is 65.6 Å². The van der Waals surface area contributed by atoms with Crippen molar-refractivity contribution in [3.8, 4) is 11.4 Å². The van der Waals surface area contributed by atoms with E-state index in [9.17, 15) is 22.8 Å². The van der Waals surface area contributed by atoms with Gasteiger partial charge < -0.3 is 4.57 Å². The zero-order valence-electron chi connectivity index (χ0n) is 15.2. The van der Waals surface area contributed by atoms with E-state index in [4.69, 9.17) is 11.6 Å². The normalized spacial score (nSPS) is 13.0. The molecule has 0 amide bonds. The minimum Gasteiger partial charge on any atom is -0.334 e. The van der Waals surface area contributed by atoms with Gasteiger partial charge in [0.15, 0.2) is 0 Å². The van der Waals surface area contributed by atoms with E-state index in [-0.39, 0.29) is 23.0 Å². The number of alkyl halides is 3. The number of carbonyl (C=O) groups is 1. The van der Waals surface area contributed by atoms with E-state index < -0.39 is 23.1 Å². The van der Waals surface area contributed by atoms with E-state index in [1.807, 2.05) is 0 Å². The zero-order chi connectivity index (χ0) is 21.2. The first-order chi connectivity index (χ1) is 14.3. The number of halogens is 4. The average molecular weight is 429 g/mol. The lowest BCUT2D eigenvalue weighted by molar-refractivity contribution is -0.137. The fourth-order valence-corrected chi connectivity index (χ4v) is 4.11. The van der Waals surface area contributed by atoms with Gasteiger partial charge >= 0.3 is 6.18 Å². The molecule has 2 aromatic heterocycles. The Kier molecular flexibility index (Phi) is 3.95. The van der Waals surface area contributed by atoms with Crippen LogP contribution in [0, 0.1) is 0 Å². The second-order valence-corrected chi connectivity index (χ2v) is 7.44. The monoisotopic (exact) mass is 428 g/mol. The number of aromatic nitrogens is 2. The molecule has 2 aromatic carbocycles.